The maximum atomic E-state index is 6.02. The molecule has 0 bridgehead atoms. The maximum absolute atomic E-state index is 6.02. The van der Waals surface area contributed by atoms with E-state index in [2.05, 4.69) is 39.3 Å². The molecule has 0 unspecified atom stereocenters. The second kappa shape index (κ2) is 4.33. The van der Waals surface area contributed by atoms with Crippen molar-refractivity contribution in [2.24, 2.45) is 5.92 Å². The number of rotatable bonds is 3. The second-order valence-electron chi connectivity index (χ2n) is 4.41. The minimum Gasteiger partial charge on any atom is -0.274 e. The van der Waals surface area contributed by atoms with Gasteiger partial charge >= 0.3 is 0 Å². The van der Waals surface area contributed by atoms with E-state index in [0.717, 1.165) is 27.9 Å². The number of hydrogen-bond acceptors (Lipinski definition) is 5. The molecule has 6 nitrogen and oxygen atoms in total. The van der Waals surface area contributed by atoms with Crippen molar-refractivity contribution in [2.45, 2.75) is 20.3 Å². The van der Waals surface area contributed by atoms with Crippen LogP contribution in [0.15, 0.2) is 6.20 Å². The van der Waals surface area contributed by atoms with Gasteiger partial charge in [0.25, 0.3) is 0 Å². The van der Waals surface area contributed by atoms with Gasteiger partial charge in [0.2, 0.25) is 4.96 Å². The molecule has 0 aliphatic carbocycles. The zero-order valence-corrected chi connectivity index (χ0v) is 11.5. The third-order valence-corrected chi connectivity index (χ3v) is 3.66. The highest BCUT2D eigenvalue weighted by Gasteiger charge is 2.16. The molecule has 0 atom stereocenters. The molecular formula is C10H11ClN6S. The van der Waals surface area contributed by atoms with E-state index >= 15 is 0 Å². The number of H-pyrrole nitrogens is 1. The molecule has 1 N–H and O–H groups in total. The molecule has 3 aromatic rings. The highest BCUT2D eigenvalue weighted by Crippen LogP contribution is 2.29. The molecule has 0 saturated carbocycles. The van der Waals surface area contributed by atoms with Gasteiger partial charge in [0, 0.05) is 6.42 Å². The van der Waals surface area contributed by atoms with Crippen LogP contribution in [0.3, 0.4) is 0 Å². The quantitative estimate of drug-likeness (QED) is 0.801. The van der Waals surface area contributed by atoms with Crippen molar-refractivity contribution >= 4 is 27.9 Å². The average Bonchev–Trinajstić information content (AvgIpc) is 2.94. The van der Waals surface area contributed by atoms with E-state index in [1.807, 2.05) is 0 Å². The van der Waals surface area contributed by atoms with Crippen molar-refractivity contribution in [2.75, 3.05) is 0 Å². The number of nitrogens with zero attached hydrogens (tertiary/aromatic N) is 5. The van der Waals surface area contributed by atoms with Crippen molar-refractivity contribution in [3.63, 3.8) is 0 Å². The average molecular weight is 283 g/mol. The van der Waals surface area contributed by atoms with Gasteiger partial charge in [-0.3, -0.25) is 5.10 Å². The molecule has 0 spiro atoms. The standard InChI is InChI=1S/C10H11ClN6S/c1-5(2)3-7-13-15-10-17(7)16-9(18-10)8-6(11)4-12-14-8/h4-5H,3H2,1-2H3,(H,12,14). The van der Waals surface area contributed by atoms with Crippen LogP contribution >= 0.6 is 22.9 Å². The molecule has 3 aromatic heterocycles. The largest absolute Gasteiger partial charge is 0.274 e. The Morgan fingerprint density at radius 1 is 1.44 bits per heavy atom. The van der Waals surface area contributed by atoms with E-state index in [-0.39, 0.29) is 0 Å². The Morgan fingerprint density at radius 3 is 2.94 bits per heavy atom. The fourth-order valence-electron chi connectivity index (χ4n) is 1.67. The van der Waals surface area contributed by atoms with Crippen molar-refractivity contribution in [1.29, 1.82) is 0 Å². The first-order valence-corrected chi connectivity index (χ1v) is 6.75. The zero-order chi connectivity index (χ0) is 12.7. The van der Waals surface area contributed by atoms with E-state index in [9.17, 15) is 0 Å². The monoisotopic (exact) mass is 282 g/mol. The Labute approximate surface area is 112 Å². The van der Waals surface area contributed by atoms with Crippen LogP contribution in [0.5, 0.6) is 0 Å². The van der Waals surface area contributed by atoms with Crippen molar-refractivity contribution in [3.8, 4) is 10.7 Å². The molecule has 0 radical (unpaired) electrons. The fraction of sp³-hybridized carbons (Fsp3) is 0.400. The maximum Gasteiger partial charge on any atom is 0.235 e. The molecule has 0 saturated heterocycles. The Morgan fingerprint density at radius 2 is 2.28 bits per heavy atom. The zero-order valence-electron chi connectivity index (χ0n) is 9.88. The van der Waals surface area contributed by atoms with Crippen LogP contribution in [0, 0.1) is 5.92 Å². The second-order valence-corrected chi connectivity index (χ2v) is 5.77. The normalized spacial score (nSPS) is 11.8. The molecule has 0 fully saturated rings. The topological polar surface area (TPSA) is 71.8 Å². The summed E-state index contributed by atoms with van der Waals surface area (Å²) in [6.45, 7) is 4.28. The van der Waals surface area contributed by atoms with Crippen LogP contribution in [0.1, 0.15) is 19.7 Å². The third kappa shape index (κ3) is 1.89. The highest BCUT2D eigenvalue weighted by molar-refractivity contribution is 7.19. The number of nitrogens with one attached hydrogen (secondary N) is 1. The minimum absolute atomic E-state index is 0.512. The van der Waals surface area contributed by atoms with E-state index in [4.69, 9.17) is 11.6 Å². The molecule has 18 heavy (non-hydrogen) atoms. The number of aromatic amines is 1. The summed E-state index contributed by atoms with van der Waals surface area (Å²) in [5.41, 5.74) is 0.725. The minimum atomic E-state index is 0.512. The first-order chi connectivity index (χ1) is 8.65. The van der Waals surface area contributed by atoms with Crippen LogP contribution in [-0.2, 0) is 6.42 Å². The van der Waals surface area contributed by atoms with Crippen molar-refractivity contribution < 1.29 is 0 Å². The van der Waals surface area contributed by atoms with Crippen LogP contribution < -0.4 is 0 Å². The van der Waals surface area contributed by atoms with Crippen molar-refractivity contribution in [1.82, 2.24) is 30.0 Å². The summed E-state index contributed by atoms with van der Waals surface area (Å²) in [5, 5.41) is 20.8. The molecule has 0 aliphatic rings. The molecule has 3 heterocycles. The summed E-state index contributed by atoms with van der Waals surface area (Å²) in [6.07, 6.45) is 2.41. The molecule has 8 heteroatoms. The summed E-state index contributed by atoms with van der Waals surface area (Å²) in [4.78, 5) is 0.770. The van der Waals surface area contributed by atoms with Gasteiger partial charge in [0.15, 0.2) is 10.8 Å². The molecule has 3 rings (SSSR count). The van der Waals surface area contributed by atoms with Gasteiger partial charge in [-0.25, -0.2) is 0 Å². The number of fused-ring (bicyclic) bond motifs is 1. The predicted octanol–water partition coefficient (Wildman–Crippen LogP) is 2.43. The Balaban J connectivity index is 2.07. The molecular weight excluding hydrogens is 272 g/mol. The third-order valence-electron chi connectivity index (χ3n) is 2.45. The lowest BCUT2D eigenvalue weighted by molar-refractivity contribution is 0.607. The van der Waals surface area contributed by atoms with E-state index in [0.29, 0.717) is 10.9 Å². The summed E-state index contributed by atoms with van der Waals surface area (Å²) >= 11 is 7.46. The van der Waals surface area contributed by atoms with Gasteiger partial charge in [-0.05, 0) is 5.92 Å². The van der Waals surface area contributed by atoms with E-state index in [1.54, 1.807) is 10.7 Å². The number of aromatic nitrogens is 6. The summed E-state index contributed by atoms with van der Waals surface area (Å²) in [6, 6.07) is 0. The lowest BCUT2D eigenvalue weighted by Gasteiger charge is -1.99. The van der Waals surface area contributed by atoms with Gasteiger partial charge < -0.3 is 0 Å². The number of hydrogen-bond donors (Lipinski definition) is 1. The SMILES string of the molecule is CC(C)Cc1nnc2sc(-c3[nH]ncc3Cl)nn12. The van der Waals surface area contributed by atoms with Gasteiger partial charge in [-0.2, -0.15) is 14.7 Å². The molecule has 0 aromatic carbocycles. The van der Waals surface area contributed by atoms with Gasteiger partial charge in [0.05, 0.1) is 11.2 Å². The Kier molecular flexibility index (Phi) is 2.79. The first kappa shape index (κ1) is 11.6. The van der Waals surface area contributed by atoms with Gasteiger partial charge in [-0.1, -0.05) is 36.8 Å². The van der Waals surface area contributed by atoms with Crippen LogP contribution in [0.2, 0.25) is 5.02 Å². The lowest BCUT2D eigenvalue weighted by atomic mass is 10.1. The first-order valence-electron chi connectivity index (χ1n) is 5.55. The summed E-state index contributed by atoms with van der Waals surface area (Å²) in [5.74, 6) is 1.39. The summed E-state index contributed by atoms with van der Waals surface area (Å²) in [7, 11) is 0. The van der Waals surface area contributed by atoms with Gasteiger partial charge in [-0.15, -0.1) is 10.2 Å². The Hall–Kier alpha value is -1.47. The number of halogens is 1. The van der Waals surface area contributed by atoms with Crippen LogP contribution in [-0.4, -0.2) is 30.0 Å². The van der Waals surface area contributed by atoms with E-state index < -0.39 is 0 Å². The smallest absolute Gasteiger partial charge is 0.235 e. The van der Waals surface area contributed by atoms with E-state index in [1.165, 1.54) is 11.3 Å². The highest BCUT2D eigenvalue weighted by atomic mass is 35.5. The van der Waals surface area contributed by atoms with Gasteiger partial charge in [0.1, 0.15) is 5.69 Å². The van der Waals surface area contributed by atoms with Crippen LogP contribution in [0.25, 0.3) is 15.7 Å². The van der Waals surface area contributed by atoms with Crippen LogP contribution in [0.4, 0.5) is 0 Å². The fourth-order valence-corrected chi connectivity index (χ4v) is 2.78. The summed E-state index contributed by atoms with van der Waals surface area (Å²) < 4.78 is 1.77. The Bertz CT molecular complexity index is 681. The predicted molar refractivity (Wildman–Crippen MR) is 69.8 cm³/mol. The molecule has 0 amide bonds. The molecule has 0 aliphatic heterocycles. The lowest BCUT2D eigenvalue weighted by Crippen LogP contribution is -2.01. The molecule has 94 valence electrons. The van der Waals surface area contributed by atoms with Crippen molar-refractivity contribution in [3.05, 3.63) is 17.0 Å².